The standard InChI is InChI=1S/C11H15F2N3/c1-16(2)9-4-3-8(5-15-9)10(14)6-11(12,13)7-10/h3-5H,6-7,14H2,1-2H3. The Labute approximate surface area is 93.3 Å². The maximum atomic E-state index is 12.8. The molecular formula is C11H15F2N3. The van der Waals surface area contributed by atoms with Crippen LogP contribution >= 0.6 is 0 Å². The van der Waals surface area contributed by atoms with Crippen LogP contribution < -0.4 is 10.6 Å². The molecule has 0 spiro atoms. The van der Waals surface area contributed by atoms with E-state index in [4.69, 9.17) is 5.73 Å². The van der Waals surface area contributed by atoms with Gasteiger partial charge in [0.15, 0.2) is 0 Å². The minimum atomic E-state index is -2.62. The van der Waals surface area contributed by atoms with Crippen LogP contribution in [0, 0.1) is 0 Å². The molecule has 0 aromatic carbocycles. The van der Waals surface area contributed by atoms with E-state index < -0.39 is 11.5 Å². The zero-order valence-corrected chi connectivity index (χ0v) is 9.37. The molecule has 88 valence electrons. The molecule has 0 atom stereocenters. The van der Waals surface area contributed by atoms with E-state index in [-0.39, 0.29) is 12.8 Å². The topological polar surface area (TPSA) is 42.1 Å². The van der Waals surface area contributed by atoms with Crippen molar-refractivity contribution in [1.82, 2.24) is 4.98 Å². The van der Waals surface area contributed by atoms with Gasteiger partial charge in [-0.2, -0.15) is 0 Å². The summed E-state index contributed by atoms with van der Waals surface area (Å²) in [6, 6.07) is 3.57. The highest BCUT2D eigenvalue weighted by molar-refractivity contribution is 5.39. The van der Waals surface area contributed by atoms with Crippen LogP contribution in [0.25, 0.3) is 0 Å². The van der Waals surface area contributed by atoms with Gasteiger partial charge in [0, 0.05) is 33.1 Å². The molecule has 1 aliphatic carbocycles. The van der Waals surface area contributed by atoms with E-state index in [0.29, 0.717) is 5.56 Å². The number of nitrogens with two attached hydrogens (primary N) is 1. The van der Waals surface area contributed by atoms with Crippen LogP contribution in [-0.2, 0) is 5.54 Å². The number of anilines is 1. The van der Waals surface area contributed by atoms with Gasteiger partial charge in [-0.15, -0.1) is 0 Å². The van der Waals surface area contributed by atoms with E-state index in [1.807, 2.05) is 19.0 Å². The molecule has 0 bridgehead atoms. The zero-order chi connectivity index (χ0) is 12.0. The summed E-state index contributed by atoms with van der Waals surface area (Å²) >= 11 is 0. The van der Waals surface area contributed by atoms with Gasteiger partial charge in [-0.25, -0.2) is 13.8 Å². The Morgan fingerprint density at radius 2 is 1.94 bits per heavy atom. The summed E-state index contributed by atoms with van der Waals surface area (Å²) in [7, 11) is 3.75. The molecule has 1 saturated carbocycles. The number of hydrogen-bond donors (Lipinski definition) is 1. The SMILES string of the molecule is CN(C)c1ccc(C2(N)CC(F)(F)C2)cn1. The molecule has 1 fully saturated rings. The average molecular weight is 227 g/mol. The number of halogens is 2. The lowest BCUT2D eigenvalue weighted by molar-refractivity contribution is -0.125. The first-order chi connectivity index (χ1) is 7.32. The third-order valence-corrected chi connectivity index (χ3v) is 2.93. The van der Waals surface area contributed by atoms with Gasteiger partial charge in [0.2, 0.25) is 0 Å². The van der Waals surface area contributed by atoms with Crippen molar-refractivity contribution in [3.63, 3.8) is 0 Å². The van der Waals surface area contributed by atoms with Crippen molar-refractivity contribution in [2.45, 2.75) is 24.3 Å². The fourth-order valence-corrected chi connectivity index (χ4v) is 2.02. The number of aromatic nitrogens is 1. The van der Waals surface area contributed by atoms with Crippen LogP contribution in [-0.4, -0.2) is 25.0 Å². The van der Waals surface area contributed by atoms with Crippen LogP contribution in [0.4, 0.5) is 14.6 Å². The average Bonchev–Trinajstić information content (AvgIpc) is 2.14. The van der Waals surface area contributed by atoms with E-state index >= 15 is 0 Å². The quantitative estimate of drug-likeness (QED) is 0.836. The van der Waals surface area contributed by atoms with E-state index in [2.05, 4.69) is 4.98 Å². The predicted octanol–water partition coefficient (Wildman–Crippen LogP) is 1.73. The van der Waals surface area contributed by atoms with Gasteiger partial charge in [-0.1, -0.05) is 6.07 Å². The summed E-state index contributed by atoms with van der Waals surface area (Å²) < 4.78 is 25.6. The van der Waals surface area contributed by atoms with Crippen LogP contribution in [0.5, 0.6) is 0 Å². The van der Waals surface area contributed by atoms with Gasteiger partial charge < -0.3 is 10.6 Å². The second-order valence-corrected chi connectivity index (χ2v) is 4.67. The summed E-state index contributed by atoms with van der Waals surface area (Å²) in [5.74, 6) is -1.83. The Morgan fingerprint density at radius 3 is 2.31 bits per heavy atom. The van der Waals surface area contributed by atoms with Crippen molar-refractivity contribution >= 4 is 5.82 Å². The van der Waals surface area contributed by atoms with Gasteiger partial charge in [-0.3, -0.25) is 0 Å². The van der Waals surface area contributed by atoms with E-state index in [1.165, 1.54) is 0 Å². The van der Waals surface area contributed by atoms with Gasteiger partial charge >= 0.3 is 0 Å². The molecule has 1 aromatic rings. The molecule has 0 unspecified atom stereocenters. The molecule has 0 aliphatic heterocycles. The molecule has 2 rings (SSSR count). The van der Waals surface area contributed by atoms with Gasteiger partial charge in [0.05, 0.1) is 5.54 Å². The smallest absolute Gasteiger partial charge is 0.252 e. The molecule has 3 nitrogen and oxygen atoms in total. The summed E-state index contributed by atoms with van der Waals surface area (Å²) in [6.45, 7) is 0. The maximum Gasteiger partial charge on any atom is 0.252 e. The molecule has 5 heteroatoms. The highest BCUT2D eigenvalue weighted by Crippen LogP contribution is 2.49. The molecule has 1 heterocycles. The van der Waals surface area contributed by atoms with Crippen LogP contribution in [0.3, 0.4) is 0 Å². The second-order valence-electron chi connectivity index (χ2n) is 4.67. The second kappa shape index (κ2) is 3.38. The summed E-state index contributed by atoms with van der Waals surface area (Å²) in [4.78, 5) is 6.02. The molecule has 16 heavy (non-hydrogen) atoms. The van der Waals surface area contributed by atoms with E-state index in [0.717, 1.165) is 5.82 Å². The molecule has 1 aromatic heterocycles. The van der Waals surface area contributed by atoms with Gasteiger partial charge in [0.25, 0.3) is 5.92 Å². The molecular weight excluding hydrogens is 212 g/mol. The Hall–Kier alpha value is -1.23. The molecule has 0 amide bonds. The van der Waals surface area contributed by atoms with Crippen molar-refractivity contribution in [2.75, 3.05) is 19.0 Å². The first kappa shape index (κ1) is 11.3. The lowest BCUT2D eigenvalue weighted by atomic mass is 9.70. The van der Waals surface area contributed by atoms with Crippen molar-refractivity contribution < 1.29 is 8.78 Å². The Morgan fingerprint density at radius 1 is 1.31 bits per heavy atom. The first-order valence-electron chi connectivity index (χ1n) is 5.13. The Kier molecular flexibility index (Phi) is 2.38. The first-order valence-corrected chi connectivity index (χ1v) is 5.13. The summed E-state index contributed by atoms with van der Waals surface area (Å²) in [5.41, 5.74) is 5.68. The molecule has 1 aliphatic rings. The monoisotopic (exact) mass is 227 g/mol. The van der Waals surface area contributed by atoms with Crippen molar-refractivity contribution in [2.24, 2.45) is 5.73 Å². The largest absolute Gasteiger partial charge is 0.363 e. The fraction of sp³-hybridized carbons (Fsp3) is 0.545. The number of pyridine rings is 1. The van der Waals surface area contributed by atoms with Gasteiger partial charge in [-0.05, 0) is 11.6 Å². The lowest BCUT2D eigenvalue weighted by Crippen LogP contribution is -2.55. The third kappa shape index (κ3) is 1.87. The van der Waals surface area contributed by atoms with Crippen molar-refractivity contribution in [3.8, 4) is 0 Å². The summed E-state index contributed by atoms with van der Waals surface area (Å²) in [6.07, 6.45) is 1.01. The van der Waals surface area contributed by atoms with Crippen LogP contribution in [0.15, 0.2) is 18.3 Å². The van der Waals surface area contributed by atoms with Crippen LogP contribution in [0.2, 0.25) is 0 Å². The third-order valence-electron chi connectivity index (χ3n) is 2.93. The number of nitrogens with zero attached hydrogens (tertiary/aromatic N) is 2. The van der Waals surface area contributed by atoms with Crippen molar-refractivity contribution in [1.29, 1.82) is 0 Å². The van der Waals surface area contributed by atoms with E-state index in [1.54, 1.807) is 18.3 Å². The van der Waals surface area contributed by atoms with E-state index in [9.17, 15) is 8.78 Å². The maximum absolute atomic E-state index is 12.8. The predicted molar refractivity (Wildman–Crippen MR) is 58.6 cm³/mol. The Bertz CT molecular complexity index is 379. The normalized spacial score (nSPS) is 21.3. The lowest BCUT2D eigenvalue weighted by Gasteiger charge is -2.44. The minimum absolute atomic E-state index is 0.289. The van der Waals surface area contributed by atoms with Gasteiger partial charge in [0.1, 0.15) is 5.82 Å². The zero-order valence-electron chi connectivity index (χ0n) is 9.37. The number of rotatable bonds is 2. The molecule has 0 radical (unpaired) electrons. The Balaban J connectivity index is 2.17. The minimum Gasteiger partial charge on any atom is -0.363 e. The van der Waals surface area contributed by atoms with Crippen molar-refractivity contribution in [3.05, 3.63) is 23.9 Å². The highest BCUT2D eigenvalue weighted by Gasteiger charge is 2.55. The molecule has 0 saturated heterocycles. The van der Waals surface area contributed by atoms with Crippen LogP contribution in [0.1, 0.15) is 18.4 Å². The number of alkyl halides is 2. The molecule has 2 N–H and O–H groups in total. The summed E-state index contributed by atoms with van der Waals surface area (Å²) in [5, 5.41) is 0. The number of hydrogen-bond acceptors (Lipinski definition) is 3. The fourth-order valence-electron chi connectivity index (χ4n) is 2.02. The highest BCUT2D eigenvalue weighted by atomic mass is 19.3.